The van der Waals surface area contributed by atoms with E-state index >= 15 is 0 Å². The smallest absolute Gasteiger partial charge is 0.320 e. The van der Waals surface area contributed by atoms with E-state index in [2.05, 4.69) is 0 Å². The quantitative estimate of drug-likeness (QED) is 0.871. The molecule has 88 valence electrons. The van der Waals surface area contributed by atoms with Crippen molar-refractivity contribution in [3.63, 3.8) is 0 Å². The summed E-state index contributed by atoms with van der Waals surface area (Å²) in [6.45, 7) is 0. The lowest BCUT2D eigenvalue weighted by Crippen LogP contribution is -2.32. The van der Waals surface area contributed by atoms with Gasteiger partial charge in [0.15, 0.2) is 0 Å². The summed E-state index contributed by atoms with van der Waals surface area (Å²) in [7, 11) is 0. The van der Waals surface area contributed by atoms with Crippen molar-refractivity contribution in [1.29, 1.82) is 0 Å². The van der Waals surface area contributed by atoms with Crippen molar-refractivity contribution < 1.29 is 9.90 Å². The average molecular weight is 247 g/mol. The first kappa shape index (κ1) is 11.8. The number of aliphatic carboxylic acids is 1. The molecule has 0 amide bonds. The van der Waals surface area contributed by atoms with Gasteiger partial charge in [0.05, 0.1) is 0 Å². The van der Waals surface area contributed by atoms with Crippen LogP contribution in [0.5, 0.6) is 0 Å². The van der Waals surface area contributed by atoms with Crippen LogP contribution in [0.15, 0.2) is 41.8 Å². The van der Waals surface area contributed by atoms with Gasteiger partial charge in [0, 0.05) is 4.88 Å². The lowest BCUT2D eigenvalue weighted by Gasteiger charge is -2.07. The summed E-state index contributed by atoms with van der Waals surface area (Å²) in [6, 6.07) is 11.0. The molecular formula is C13H13NO2S. The number of hydrogen-bond donors (Lipinski definition) is 2. The van der Waals surface area contributed by atoms with Gasteiger partial charge in [-0.1, -0.05) is 30.3 Å². The summed E-state index contributed by atoms with van der Waals surface area (Å²) in [5.74, 6) is -0.966. The molecule has 1 heterocycles. The summed E-state index contributed by atoms with van der Waals surface area (Å²) < 4.78 is 0. The van der Waals surface area contributed by atoms with Crippen LogP contribution in [-0.4, -0.2) is 17.1 Å². The predicted octanol–water partition coefficient (Wildman–Crippen LogP) is 2.37. The van der Waals surface area contributed by atoms with Gasteiger partial charge < -0.3 is 10.8 Å². The number of thiophene rings is 1. The van der Waals surface area contributed by atoms with Crippen LogP contribution in [0.1, 0.15) is 5.56 Å². The van der Waals surface area contributed by atoms with E-state index < -0.39 is 12.0 Å². The number of carbonyl (C=O) groups is 1. The van der Waals surface area contributed by atoms with Crippen molar-refractivity contribution in [2.24, 2.45) is 5.73 Å². The number of benzene rings is 1. The number of hydrogen-bond acceptors (Lipinski definition) is 3. The van der Waals surface area contributed by atoms with Crippen LogP contribution in [0.3, 0.4) is 0 Å². The van der Waals surface area contributed by atoms with E-state index in [-0.39, 0.29) is 0 Å². The highest BCUT2D eigenvalue weighted by molar-refractivity contribution is 7.13. The molecule has 4 heteroatoms. The van der Waals surface area contributed by atoms with Crippen molar-refractivity contribution in [3.05, 3.63) is 47.3 Å². The Morgan fingerprint density at radius 2 is 2.18 bits per heavy atom. The molecular weight excluding hydrogens is 234 g/mol. The van der Waals surface area contributed by atoms with Gasteiger partial charge in [-0.15, -0.1) is 11.3 Å². The van der Waals surface area contributed by atoms with Crippen molar-refractivity contribution in [3.8, 4) is 10.4 Å². The number of carboxylic acid groups (broad SMARTS) is 1. The van der Waals surface area contributed by atoms with Crippen molar-refractivity contribution in [2.45, 2.75) is 12.5 Å². The number of nitrogens with two attached hydrogens (primary N) is 1. The van der Waals surface area contributed by atoms with E-state index in [1.165, 1.54) is 4.88 Å². The summed E-state index contributed by atoms with van der Waals surface area (Å²) in [5.41, 5.74) is 7.58. The Morgan fingerprint density at radius 3 is 2.82 bits per heavy atom. The second kappa shape index (κ2) is 5.12. The van der Waals surface area contributed by atoms with E-state index in [4.69, 9.17) is 10.8 Å². The fourth-order valence-electron chi connectivity index (χ4n) is 1.64. The van der Waals surface area contributed by atoms with Crippen LogP contribution in [0.2, 0.25) is 0 Å². The molecule has 2 aromatic rings. The molecule has 0 bridgehead atoms. The summed E-state index contributed by atoms with van der Waals surface area (Å²) in [4.78, 5) is 11.9. The largest absolute Gasteiger partial charge is 0.480 e. The van der Waals surface area contributed by atoms with Crippen molar-refractivity contribution in [2.75, 3.05) is 0 Å². The van der Waals surface area contributed by atoms with Crippen LogP contribution < -0.4 is 5.73 Å². The minimum atomic E-state index is -0.966. The zero-order chi connectivity index (χ0) is 12.3. The SMILES string of the molecule is NC(Cc1cccc(-c2cccs2)c1)C(=O)O. The Kier molecular flexibility index (Phi) is 3.56. The van der Waals surface area contributed by atoms with Gasteiger partial charge in [0.25, 0.3) is 0 Å². The highest BCUT2D eigenvalue weighted by Crippen LogP contribution is 2.25. The van der Waals surface area contributed by atoms with Gasteiger partial charge in [-0.25, -0.2) is 0 Å². The van der Waals surface area contributed by atoms with E-state index in [9.17, 15) is 4.79 Å². The second-order valence-corrected chi connectivity index (χ2v) is 4.77. The molecule has 0 saturated heterocycles. The molecule has 0 spiro atoms. The Balaban J connectivity index is 2.20. The molecule has 3 N–H and O–H groups in total. The lowest BCUT2D eigenvalue weighted by molar-refractivity contribution is -0.138. The van der Waals surface area contributed by atoms with Gasteiger partial charge in [-0.05, 0) is 29.0 Å². The Hall–Kier alpha value is -1.65. The molecule has 3 nitrogen and oxygen atoms in total. The van der Waals surface area contributed by atoms with Crippen LogP contribution in [-0.2, 0) is 11.2 Å². The fraction of sp³-hybridized carbons (Fsp3) is 0.154. The molecule has 0 fully saturated rings. The molecule has 1 aromatic carbocycles. The molecule has 1 unspecified atom stereocenters. The topological polar surface area (TPSA) is 63.3 Å². The van der Waals surface area contributed by atoms with E-state index in [1.807, 2.05) is 41.8 Å². The standard InChI is InChI=1S/C13H13NO2S/c14-11(13(15)16)8-9-3-1-4-10(7-9)12-5-2-6-17-12/h1-7,11H,8,14H2,(H,15,16). The molecule has 0 saturated carbocycles. The summed E-state index contributed by atoms with van der Waals surface area (Å²) in [6.07, 6.45) is 0.356. The fourth-order valence-corrected chi connectivity index (χ4v) is 2.36. The van der Waals surface area contributed by atoms with Crippen LogP contribution >= 0.6 is 11.3 Å². The molecule has 0 aliphatic carbocycles. The van der Waals surface area contributed by atoms with E-state index in [0.29, 0.717) is 6.42 Å². The van der Waals surface area contributed by atoms with E-state index in [0.717, 1.165) is 11.1 Å². The molecule has 0 aliphatic rings. The van der Waals surface area contributed by atoms with Gasteiger partial charge in [-0.3, -0.25) is 4.79 Å². The predicted molar refractivity (Wildman–Crippen MR) is 69.1 cm³/mol. The molecule has 0 radical (unpaired) electrons. The van der Waals surface area contributed by atoms with Crippen LogP contribution in [0.25, 0.3) is 10.4 Å². The molecule has 17 heavy (non-hydrogen) atoms. The number of rotatable bonds is 4. The Labute approximate surface area is 104 Å². The maximum absolute atomic E-state index is 10.7. The zero-order valence-electron chi connectivity index (χ0n) is 9.17. The van der Waals surface area contributed by atoms with Gasteiger partial charge >= 0.3 is 5.97 Å². The van der Waals surface area contributed by atoms with Crippen LogP contribution in [0, 0.1) is 0 Å². The first-order valence-electron chi connectivity index (χ1n) is 5.28. The molecule has 0 aliphatic heterocycles. The third-order valence-corrected chi connectivity index (χ3v) is 3.42. The third-order valence-electron chi connectivity index (χ3n) is 2.51. The maximum atomic E-state index is 10.7. The van der Waals surface area contributed by atoms with Gasteiger partial charge in [-0.2, -0.15) is 0 Å². The summed E-state index contributed by atoms with van der Waals surface area (Å²) >= 11 is 1.66. The molecule has 1 aromatic heterocycles. The van der Waals surface area contributed by atoms with Crippen LogP contribution in [0.4, 0.5) is 0 Å². The van der Waals surface area contributed by atoms with Gasteiger partial charge in [0.2, 0.25) is 0 Å². The normalized spacial score (nSPS) is 12.3. The van der Waals surface area contributed by atoms with E-state index in [1.54, 1.807) is 11.3 Å². The monoisotopic (exact) mass is 247 g/mol. The number of carboxylic acids is 1. The Bertz CT molecular complexity index is 508. The zero-order valence-corrected chi connectivity index (χ0v) is 9.98. The highest BCUT2D eigenvalue weighted by Gasteiger charge is 2.12. The Morgan fingerprint density at radius 1 is 1.35 bits per heavy atom. The molecule has 1 atom stereocenters. The van der Waals surface area contributed by atoms with Crippen molar-refractivity contribution >= 4 is 17.3 Å². The average Bonchev–Trinajstić information content (AvgIpc) is 2.82. The first-order valence-corrected chi connectivity index (χ1v) is 6.16. The summed E-state index contributed by atoms with van der Waals surface area (Å²) in [5, 5.41) is 10.8. The van der Waals surface area contributed by atoms with Crippen molar-refractivity contribution in [1.82, 2.24) is 0 Å². The highest BCUT2D eigenvalue weighted by atomic mass is 32.1. The second-order valence-electron chi connectivity index (χ2n) is 3.83. The lowest BCUT2D eigenvalue weighted by atomic mass is 10.0. The van der Waals surface area contributed by atoms with Gasteiger partial charge in [0.1, 0.15) is 6.04 Å². The minimum absolute atomic E-state index is 0.356. The maximum Gasteiger partial charge on any atom is 0.320 e. The molecule has 2 rings (SSSR count). The minimum Gasteiger partial charge on any atom is -0.480 e. The third kappa shape index (κ3) is 2.93. The first-order chi connectivity index (χ1) is 8.16.